The van der Waals surface area contributed by atoms with Crippen LogP contribution in [0.25, 0.3) is 11.0 Å². The fourth-order valence-electron chi connectivity index (χ4n) is 2.92. The predicted molar refractivity (Wildman–Crippen MR) is 103 cm³/mol. The molecule has 0 aliphatic carbocycles. The Morgan fingerprint density at radius 3 is 2.65 bits per heavy atom. The lowest BCUT2D eigenvalue weighted by molar-refractivity contribution is 0.0951. The summed E-state index contributed by atoms with van der Waals surface area (Å²) in [6, 6.07) is 9.11. The lowest BCUT2D eigenvalue weighted by atomic mass is 10.2. The molecule has 1 amide bonds. The SMILES string of the molecule is CCN(CC)c1ccc(CNC(=O)c2ccc3c(c2)[nH]c(=O)n3C)cn1. The first-order chi connectivity index (χ1) is 12.5. The second-order valence-electron chi connectivity index (χ2n) is 6.10. The van der Waals surface area contributed by atoms with Gasteiger partial charge in [0, 0.05) is 38.4 Å². The Kier molecular flexibility index (Phi) is 5.06. The van der Waals surface area contributed by atoms with Gasteiger partial charge in [0.05, 0.1) is 11.0 Å². The van der Waals surface area contributed by atoms with Gasteiger partial charge in [0.2, 0.25) is 0 Å². The number of rotatable bonds is 6. The van der Waals surface area contributed by atoms with Crippen LogP contribution in [0.4, 0.5) is 5.82 Å². The summed E-state index contributed by atoms with van der Waals surface area (Å²) in [5, 5.41) is 2.89. The molecular formula is C19H23N5O2. The van der Waals surface area contributed by atoms with Crippen molar-refractivity contribution in [3.8, 4) is 0 Å². The van der Waals surface area contributed by atoms with Gasteiger partial charge < -0.3 is 15.2 Å². The number of H-pyrrole nitrogens is 1. The van der Waals surface area contributed by atoms with Crippen LogP contribution in [-0.2, 0) is 13.6 Å². The van der Waals surface area contributed by atoms with E-state index in [1.54, 1.807) is 31.4 Å². The van der Waals surface area contributed by atoms with E-state index in [1.165, 1.54) is 4.57 Å². The van der Waals surface area contributed by atoms with E-state index in [4.69, 9.17) is 0 Å². The lowest BCUT2D eigenvalue weighted by Crippen LogP contribution is -2.24. The molecule has 136 valence electrons. The van der Waals surface area contributed by atoms with Gasteiger partial charge in [-0.1, -0.05) is 6.07 Å². The zero-order chi connectivity index (χ0) is 18.7. The number of fused-ring (bicyclic) bond motifs is 1. The number of nitrogens with zero attached hydrogens (tertiary/aromatic N) is 3. The third-order valence-corrected chi connectivity index (χ3v) is 4.52. The minimum absolute atomic E-state index is 0.190. The highest BCUT2D eigenvalue weighted by molar-refractivity contribution is 5.97. The Hall–Kier alpha value is -3.09. The molecule has 2 aromatic heterocycles. The predicted octanol–water partition coefficient (Wildman–Crippen LogP) is 2.04. The highest BCUT2D eigenvalue weighted by atomic mass is 16.2. The molecule has 0 fully saturated rings. The van der Waals surface area contributed by atoms with Gasteiger partial charge in [-0.2, -0.15) is 0 Å². The van der Waals surface area contributed by atoms with Crippen molar-refractivity contribution in [2.24, 2.45) is 7.05 Å². The average molecular weight is 353 g/mol. The number of aromatic nitrogens is 3. The number of anilines is 1. The maximum Gasteiger partial charge on any atom is 0.326 e. The third-order valence-electron chi connectivity index (χ3n) is 4.52. The van der Waals surface area contributed by atoms with Gasteiger partial charge in [-0.3, -0.25) is 9.36 Å². The minimum atomic E-state index is -0.197. The summed E-state index contributed by atoms with van der Waals surface area (Å²) in [6.07, 6.45) is 1.78. The van der Waals surface area contributed by atoms with Crippen LogP contribution < -0.4 is 15.9 Å². The fourth-order valence-corrected chi connectivity index (χ4v) is 2.92. The smallest absolute Gasteiger partial charge is 0.326 e. The molecule has 2 N–H and O–H groups in total. The van der Waals surface area contributed by atoms with Crippen molar-refractivity contribution in [2.75, 3.05) is 18.0 Å². The zero-order valence-electron chi connectivity index (χ0n) is 15.2. The molecule has 0 spiro atoms. The Morgan fingerprint density at radius 1 is 1.23 bits per heavy atom. The Balaban J connectivity index is 1.68. The molecule has 0 saturated carbocycles. The summed E-state index contributed by atoms with van der Waals surface area (Å²) in [7, 11) is 1.69. The van der Waals surface area contributed by atoms with E-state index < -0.39 is 0 Å². The van der Waals surface area contributed by atoms with Crippen molar-refractivity contribution in [1.82, 2.24) is 19.9 Å². The van der Waals surface area contributed by atoms with Crippen LogP contribution in [0.3, 0.4) is 0 Å². The van der Waals surface area contributed by atoms with E-state index in [1.807, 2.05) is 12.1 Å². The van der Waals surface area contributed by atoms with E-state index in [2.05, 4.69) is 34.0 Å². The average Bonchev–Trinajstić information content (AvgIpc) is 2.95. The maximum absolute atomic E-state index is 12.4. The largest absolute Gasteiger partial charge is 0.357 e. The first kappa shape index (κ1) is 17.7. The Bertz CT molecular complexity index is 968. The fraction of sp³-hybridized carbons (Fsp3) is 0.316. The van der Waals surface area contributed by atoms with Gasteiger partial charge in [0.25, 0.3) is 5.91 Å². The number of benzene rings is 1. The number of nitrogens with one attached hydrogen (secondary N) is 2. The molecule has 0 saturated heterocycles. The number of aryl methyl sites for hydroxylation is 1. The van der Waals surface area contributed by atoms with E-state index in [0.717, 1.165) is 30.0 Å². The van der Waals surface area contributed by atoms with Gasteiger partial charge >= 0.3 is 5.69 Å². The summed E-state index contributed by atoms with van der Waals surface area (Å²) >= 11 is 0. The number of amides is 1. The quantitative estimate of drug-likeness (QED) is 0.710. The van der Waals surface area contributed by atoms with E-state index in [9.17, 15) is 9.59 Å². The molecule has 26 heavy (non-hydrogen) atoms. The van der Waals surface area contributed by atoms with Gasteiger partial charge in [-0.15, -0.1) is 0 Å². The van der Waals surface area contributed by atoms with E-state index >= 15 is 0 Å². The molecule has 0 bridgehead atoms. The van der Waals surface area contributed by atoms with Gasteiger partial charge in [-0.25, -0.2) is 9.78 Å². The zero-order valence-corrected chi connectivity index (χ0v) is 15.2. The number of hydrogen-bond acceptors (Lipinski definition) is 4. The number of pyridine rings is 1. The Labute approximate surface area is 151 Å². The second kappa shape index (κ2) is 7.43. The van der Waals surface area contributed by atoms with Crippen molar-refractivity contribution < 1.29 is 4.79 Å². The van der Waals surface area contributed by atoms with Crippen molar-refractivity contribution in [2.45, 2.75) is 20.4 Å². The van der Waals surface area contributed by atoms with Crippen LogP contribution in [-0.4, -0.2) is 33.5 Å². The standard InChI is InChI=1S/C19H23N5O2/c1-4-24(5-2)17-9-6-13(11-20-17)12-21-18(25)14-7-8-16-15(10-14)22-19(26)23(16)3/h6-11H,4-5,12H2,1-3H3,(H,21,25)(H,22,26). The summed E-state index contributed by atoms with van der Waals surface area (Å²) in [5.74, 6) is 0.744. The van der Waals surface area contributed by atoms with Crippen molar-refractivity contribution >= 4 is 22.8 Å². The highest BCUT2D eigenvalue weighted by Gasteiger charge is 2.10. The molecule has 0 radical (unpaired) electrons. The number of aromatic amines is 1. The number of carbonyl (C=O) groups is 1. The van der Waals surface area contributed by atoms with Crippen LogP contribution in [0.5, 0.6) is 0 Å². The molecule has 0 aliphatic heterocycles. The summed E-state index contributed by atoms with van der Waals surface area (Å²) in [4.78, 5) is 33.4. The molecule has 2 heterocycles. The molecule has 0 atom stereocenters. The highest BCUT2D eigenvalue weighted by Crippen LogP contribution is 2.13. The molecule has 3 aromatic rings. The summed E-state index contributed by atoms with van der Waals surface area (Å²) in [6.45, 7) is 6.40. The first-order valence-corrected chi connectivity index (χ1v) is 8.70. The summed E-state index contributed by atoms with van der Waals surface area (Å²) < 4.78 is 1.51. The van der Waals surface area contributed by atoms with Crippen LogP contribution in [0.15, 0.2) is 41.3 Å². The first-order valence-electron chi connectivity index (χ1n) is 8.70. The molecular weight excluding hydrogens is 330 g/mol. The molecule has 0 aliphatic rings. The van der Waals surface area contributed by atoms with Crippen LogP contribution in [0.2, 0.25) is 0 Å². The normalized spacial score (nSPS) is 10.9. The number of carbonyl (C=O) groups excluding carboxylic acids is 1. The van der Waals surface area contributed by atoms with E-state index in [-0.39, 0.29) is 11.6 Å². The Morgan fingerprint density at radius 2 is 2.00 bits per heavy atom. The van der Waals surface area contributed by atoms with Crippen LogP contribution >= 0.6 is 0 Å². The monoisotopic (exact) mass is 353 g/mol. The second-order valence-corrected chi connectivity index (χ2v) is 6.10. The molecule has 3 rings (SSSR count). The lowest BCUT2D eigenvalue weighted by Gasteiger charge is -2.19. The van der Waals surface area contributed by atoms with Crippen LogP contribution in [0.1, 0.15) is 29.8 Å². The third kappa shape index (κ3) is 3.46. The molecule has 7 heteroatoms. The van der Waals surface area contributed by atoms with Gasteiger partial charge in [-0.05, 0) is 43.7 Å². The van der Waals surface area contributed by atoms with Crippen molar-refractivity contribution in [3.05, 3.63) is 58.1 Å². The number of hydrogen-bond donors (Lipinski definition) is 2. The summed E-state index contributed by atoms with van der Waals surface area (Å²) in [5.41, 5.74) is 2.66. The van der Waals surface area contributed by atoms with Crippen LogP contribution in [0, 0.1) is 0 Å². The molecule has 1 aromatic carbocycles. The molecule has 0 unspecified atom stereocenters. The maximum atomic E-state index is 12.4. The van der Waals surface area contributed by atoms with Crippen molar-refractivity contribution in [3.63, 3.8) is 0 Å². The van der Waals surface area contributed by atoms with Gasteiger partial charge in [0.15, 0.2) is 0 Å². The number of imidazole rings is 1. The topological polar surface area (TPSA) is 83.0 Å². The van der Waals surface area contributed by atoms with Gasteiger partial charge in [0.1, 0.15) is 5.82 Å². The van der Waals surface area contributed by atoms with Crippen molar-refractivity contribution in [1.29, 1.82) is 0 Å². The molecule has 7 nitrogen and oxygen atoms in total. The minimum Gasteiger partial charge on any atom is -0.357 e. The van der Waals surface area contributed by atoms with E-state index in [0.29, 0.717) is 17.6 Å².